The van der Waals surface area contributed by atoms with Crippen LogP contribution in [0.2, 0.25) is 0 Å². The lowest BCUT2D eigenvalue weighted by Gasteiger charge is -2.25. The molecule has 0 radical (unpaired) electrons. The average molecular weight is 214 g/mol. The molecule has 0 bridgehead atoms. The lowest BCUT2D eigenvalue weighted by atomic mass is 10.0. The lowest BCUT2D eigenvalue weighted by molar-refractivity contribution is 0.546. The fourth-order valence-corrected chi connectivity index (χ4v) is 1.63. The summed E-state index contributed by atoms with van der Waals surface area (Å²) >= 11 is 0. The van der Waals surface area contributed by atoms with Crippen LogP contribution < -0.4 is 5.32 Å². The minimum Gasteiger partial charge on any atom is -0.365 e. The Morgan fingerprint density at radius 3 is 2.69 bits per heavy atom. The zero-order chi connectivity index (χ0) is 11.6. The fraction of sp³-hybridized carbons (Fsp3) is 0.357. The summed E-state index contributed by atoms with van der Waals surface area (Å²) in [6.45, 7) is 6.56. The summed E-state index contributed by atoms with van der Waals surface area (Å²) in [5.74, 6) is 0.977. The van der Waals surface area contributed by atoms with E-state index in [4.69, 9.17) is 0 Å². The first kappa shape index (κ1) is 10.9. The van der Waals surface area contributed by atoms with Gasteiger partial charge in [0, 0.05) is 17.1 Å². The van der Waals surface area contributed by atoms with Crippen LogP contribution in [0.4, 0.5) is 5.82 Å². The number of nitrogens with zero attached hydrogens (tertiary/aromatic N) is 1. The Labute approximate surface area is 96.7 Å². The number of anilines is 1. The van der Waals surface area contributed by atoms with Crippen LogP contribution in [0, 0.1) is 0 Å². The molecule has 0 atom stereocenters. The van der Waals surface area contributed by atoms with Gasteiger partial charge in [-0.15, -0.1) is 0 Å². The highest BCUT2D eigenvalue weighted by Crippen LogP contribution is 2.24. The Kier molecular flexibility index (Phi) is 2.82. The molecule has 84 valence electrons. The molecule has 0 fully saturated rings. The molecule has 0 aliphatic heterocycles. The molecule has 2 aromatic rings. The van der Waals surface area contributed by atoms with Crippen LogP contribution >= 0.6 is 0 Å². The molecule has 2 nitrogen and oxygen atoms in total. The summed E-state index contributed by atoms with van der Waals surface area (Å²) < 4.78 is 0. The van der Waals surface area contributed by atoms with Crippen LogP contribution in [-0.2, 0) is 0 Å². The molecule has 1 heterocycles. The largest absolute Gasteiger partial charge is 0.365 e. The summed E-state index contributed by atoms with van der Waals surface area (Å²) in [7, 11) is 0. The van der Waals surface area contributed by atoms with E-state index in [1.807, 2.05) is 18.3 Å². The predicted molar refractivity (Wildman–Crippen MR) is 69.7 cm³/mol. The van der Waals surface area contributed by atoms with Crippen molar-refractivity contribution < 1.29 is 0 Å². The third-order valence-corrected chi connectivity index (χ3v) is 3.01. The van der Waals surface area contributed by atoms with E-state index in [-0.39, 0.29) is 5.54 Å². The van der Waals surface area contributed by atoms with Crippen LogP contribution in [0.3, 0.4) is 0 Å². The molecule has 0 aliphatic rings. The van der Waals surface area contributed by atoms with Gasteiger partial charge in [0.1, 0.15) is 5.82 Å². The van der Waals surface area contributed by atoms with Gasteiger partial charge in [0.2, 0.25) is 0 Å². The maximum Gasteiger partial charge on any atom is 0.134 e. The van der Waals surface area contributed by atoms with Crippen LogP contribution in [0.5, 0.6) is 0 Å². The predicted octanol–water partition coefficient (Wildman–Crippen LogP) is 3.84. The Balaban J connectivity index is 2.45. The maximum atomic E-state index is 4.43. The van der Waals surface area contributed by atoms with Gasteiger partial charge in [-0.3, -0.25) is 0 Å². The minimum absolute atomic E-state index is 0.0805. The zero-order valence-electron chi connectivity index (χ0n) is 10.1. The normalized spacial score (nSPS) is 11.7. The van der Waals surface area contributed by atoms with E-state index in [1.54, 1.807) is 0 Å². The molecule has 0 spiro atoms. The number of benzene rings is 1. The fourth-order valence-electron chi connectivity index (χ4n) is 1.63. The molecule has 0 aliphatic carbocycles. The highest BCUT2D eigenvalue weighted by molar-refractivity contribution is 5.91. The van der Waals surface area contributed by atoms with E-state index >= 15 is 0 Å². The Morgan fingerprint density at radius 2 is 1.94 bits per heavy atom. The van der Waals surface area contributed by atoms with Crippen molar-refractivity contribution in [3.05, 3.63) is 36.5 Å². The lowest BCUT2D eigenvalue weighted by Crippen LogP contribution is -2.30. The molecule has 0 amide bonds. The van der Waals surface area contributed by atoms with Gasteiger partial charge in [-0.2, -0.15) is 0 Å². The number of pyridine rings is 1. The summed E-state index contributed by atoms with van der Waals surface area (Å²) in [6.07, 6.45) is 2.92. The van der Waals surface area contributed by atoms with E-state index in [0.29, 0.717) is 0 Å². The monoisotopic (exact) mass is 214 g/mol. The van der Waals surface area contributed by atoms with Gasteiger partial charge >= 0.3 is 0 Å². The molecule has 16 heavy (non-hydrogen) atoms. The molecule has 0 saturated heterocycles. The summed E-state index contributed by atoms with van der Waals surface area (Å²) in [4.78, 5) is 4.43. The van der Waals surface area contributed by atoms with Crippen molar-refractivity contribution >= 4 is 16.6 Å². The molecular formula is C14H18N2. The number of nitrogens with one attached hydrogen (secondary N) is 1. The molecule has 0 saturated carbocycles. The summed E-state index contributed by atoms with van der Waals surface area (Å²) in [5, 5.41) is 5.92. The van der Waals surface area contributed by atoms with Crippen molar-refractivity contribution in [1.82, 2.24) is 4.98 Å². The molecule has 0 unspecified atom stereocenters. The number of aromatic nitrogens is 1. The highest BCUT2D eigenvalue weighted by Gasteiger charge is 2.15. The van der Waals surface area contributed by atoms with E-state index in [9.17, 15) is 0 Å². The van der Waals surface area contributed by atoms with Gasteiger partial charge in [0.25, 0.3) is 0 Å². The van der Waals surface area contributed by atoms with Gasteiger partial charge in [0.15, 0.2) is 0 Å². The van der Waals surface area contributed by atoms with Gasteiger partial charge in [-0.05, 0) is 31.7 Å². The standard InChI is InChI=1S/C14H18N2/c1-4-14(2,3)16-13-12-8-6-5-7-11(12)9-10-15-13/h5-10H,4H2,1-3H3,(H,15,16). The molecule has 2 heteroatoms. The first-order chi connectivity index (χ1) is 7.62. The molecular weight excluding hydrogens is 196 g/mol. The van der Waals surface area contributed by atoms with Gasteiger partial charge in [-0.25, -0.2) is 4.98 Å². The highest BCUT2D eigenvalue weighted by atomic mass is 15.0. The second-order valence-electron chi connectivity index (χ2n) is 4.74. The molecule has 1 aromatic carbocycles. The van der Waals surface area contributed by atoms with E-state index in [2.05, 4.69) is 49.3 Å². The van der Waals surface area contributed by atoms with Crippen LogP contribution in [0.1, 0.15) is 27.2 Å². The van der Waals surface area contributed by atoms with Crippen LogP contribution in [0.15, 0.2) is 36.5 Å². The van der Waals surface area contributed by atoms with E-state index in [1.165, 1.54) is 10.8 Å². The van der Waals surface area contributed by atoms with Crippen molar-refractivity contribution in [1.29, 1.82) is 0 Å². The van der Waals surface area contributed by atoms with Crippen molar-refractivity contribution in [3.8, 4) is 0 Å². The van der Waals surface area contributed by atoms with E-state index in [0.717, 1.165) is 12.2 Å². The summed E-state index contributed by atoms with van der Waals surface area (Å²) in [6, 6.07) is 10.4. The summed E-state index contributed by atoms with van der Waals surface area (Å²) in [5.41, 5.74) is 0.0805. The van der Waals surface area contributed by atoms with E-state index < -0.39 is 0 Å². The third-order valence-electron chi connectivity index (χ3n) is 3.01. The molecule has 2 rings (SSSR count). The van der Waals surface area contributed by atoms with Gasteiger partial charge in [0.05, 0.1) is 0 Å². The topological polar surface area (TPSA) is 24.9 Å². The quantitative estimate of drug-likeness (QED) is 0.839. The second kappa shape index (κ2) is 4.12. The average Bonchev–Trinajstić information content (AvgIpc) is 2.29. The first-order valence-corrected chi connectivity index (χ1v) is 5.74. The number of fused-ring (bicyclic) bond motifs is 1. The zero-order valence-corrected chi connectivity index (χ0v) is 10.1. The van der Waals surface area contributed by atoms with Crippen molar-refractivity contribution in [2.45, 2.75) is 32.7 Å². The smallest absolute Gasteiger partial charge is 0.134 e. The molecule has 1 N–H and O–H groups in total. The van der Waals surface area contributed by atoms with Crippen LogP contribution in [0.25, 0.3) is 10.8 Å². The number of rotatable bonds is 3. The maximum absolute atomic E-state index is 4.43. The Bertz CT molecular complexity index is 484. The van der Waals surface area contributed by atoms with Crippen molar-refractivity contribution in [3.63, 3.8) is 0 Å². The van der Waals surface area contributed by atoms with Crippen molar-refractivity contribution in [2.75, 3.05) is 5.32 Å². The Morgan fingerprint density at radius 1 is 1.19 bits per heavy atom. The third kappa shape index (κ3) is 2.16. The number of hydrogen-bond donors (Lipinski definition) is 1. The van der Waals surface area contributed by atoms with Gasteiger partial charge in [-0.1, -0.05) is 31.2 Å². The van der Waals surface area contributed by atoms with Gasteiger partial charge < -0.3 is 5.32 Å². The number of hydrogen-bond acceptors (Lipinski definition) is 2. The Hall–Kier alpha value is -1.57. The first-order valence-electron chi connectivity index (χ1n) is 5.74. The second-order valence-corrected chi connectivity index (χ2v) is 4.74. The minimum atomic E-state index is 0.0805. The molecule has 1 aromatic heterocycles. The van der Waals surface area contributed by atoms with Crippen molar-refractivity contribution in [2.24, 2.45) is 0 Å². The van der Waals surface area contributed by atoms with Crippen LogP contribution in [-0.4, -0.2) is 10.5 Å². The SMILES string of the molecule is CCC(C)(C)Nc1nccc2ccccc12.